The maximum atomic E-state index is 12.6. The van der Waals surface area contributed by atoms with Crippen LogP contribution in [-0.2, 0) is 4.79 Å². The minimum Gasteiger partial charge on any atom is -0.484 e. The molecule has 27 heavy (non-hydrogen) atoms. The Morgan fingerprint density at radius 2 is 1.67 bits per heavy atom. The van der Waals surface area contributed by atoms with Gasteiger partial charge in [0.25, 0.3) is 5.91 Å². The quantitative estimate of drug-likeness (QED) is 0.579. The molecule has 1 N–H and O–H groups in total. The summed E-state index contributed by atoms with van der Waals surface area (Å²) < 4.78 is 6.69. The number of halogens is 1. The van der Waals surface area contributed by atoms with Crippen LogP contribution in [-0.4, -0.2) is 12.5 Å². The average molecular weight is 424 g/mol. The predicted molar refractivity (Wildman–Crippen MR) is 112 cm³/mol. The lowest BCUT2D eigenvalue weighted by atomic mass is 9.95. The highest BCUT2D eigenvalue weighted by Crippen LogP contribution is 2.25. The van der Waals surface area contributed by atoms with Crippen molar-refractivity contribution >= 4 is 21.8 Å². The van der Waals surface area contributed by atoms with Crippen LogP contribution in [0.5, 0.6) is 5.75 Å². The van der Waals surface area contributed by atoms with Crippen LogP contribution in [0.3, 0.4) is 0 Å². The first kappa shape index (κ1) is 19.2. The van der Waals surface area contributed by atoms with E-state index in [2.05, 4.69) is 34.2 Å². The number of nitrogens with one attached hydrogen (secondary N) is 1. The van der Waals surface area contributed by atoms with E-state index in [0.717, 1.165) is 26.7 Å². The van der Waals surface area contributed by atoms with E-state index in [4.69, 9.17) is 4.74 Å². The number of hydrogen-bond acceptors (Lipinski definition) is 2. The van der Waals surface area contributed by atoms with E-state index < -0.39 is 0 Å². The Morgan fingerprint density at radius 1 is 0.963 bits per heavy atom. The molecule has 0 unspecified atom stereocenters. The summed E-state index contributed by atoms with van der Waals surface area (Å²) in [5, 5.41) is 3.11. The molecule has 0 aliphatic carbocycles. The SMILES string of the molecule is Cc1cc(OCC(=O)N[C@H](c2ccccc2)c2ccccc2C)ccc1Br. The number of benzene rings is 3. The smallest absolute Gasteiger partial charge is 0.258 e. The summed E-state index contributed by atoms with van der Waals surface area (Å²) in [5.41, 5.74) is 4.32. The van der Waals surface area contributed by atoms with E-state index in [1.807, 2.05) is 73.7 Å². The Morgan fingerprint density at radius 3 is 2.37 bits per heavy atom. The van der Waals surface area contributed by atoms with Crippen LogP contribution in [0.25, 0.3) is 0 Å². The zero-order valence-corrected chi connectivity index (χ0v) is 17.0. The van der Waals surface area contributed by atoms with E-state index in [1.165, 1.54) is 0 Å². The summed E-state index contributed by atoms with van der Waals surface area (Å²) in [6.45, 7) is 4.01. The molecule has 0 aliphatic heterocycles. The van der Waals surface area contributed by atoms with Crippen molar-refractivity contribution in [3.63, 3.8) is 0 Å². The van der Waals surface area contributed by atoms with E-state index >= 15 is 0 Å². The van der Waals surface area contributed by atoms with Crippen LogP contribution in [0.15, 0.2) is 77.3 Å². The number of carbonyl (C=O) groups excluding carboxylic acids is 1. The molecule has 0 saturated heterocycles. The van der Waals surface area contributed by atoms with Gasteiger partial charge in [0.15, 0.2) is 6.61 Å². The summed E-state index contributed by atoms with van der Waals surface area (Å²) in [4.78, 5) is 12.6. The zero-order chi connectivity index (χ0) is 19.2. The summed E-state index contributed by atoms with van der Waals surface area (Å²) in [6, 6.07) is 23.5. The highest BCUT2D eigenvalue weighted by molar-refractivity contribution is 9.10. The van der Waals surface area contributed by atoms with Gasteiger partial charge in [0.2, 0.25) is 0 Å². The lowest BCUT2D eigenvalue weighted by Crippen LogP contribution is -2.33. The van der Waals surface area contributed by atoms with Gasteiger partial charge in [-0.2, -0.15) is 0 Å². The van der Waals surface area contributed by atoms with Crippen LogP contribution in [0.1, 0.15) is 28.3 Å². The fourth-order valence-electron chi connectivity index (χ4n) is 2.96. The Hall–Kier alpha value is -2.59. The monoisotopic (exact) mass is 423 g/mol. The summed E-state index contributed by atoms with van der Waals surface area (Å²) >= 11 is 3.47. The second-order valence-electron chi connectivity index (χ2n) is 6.47. The molecule has 3 aromatic carbocycles. The highest BCUT2D eigenvalue weighted by Gasteiger charge is 2.18. The van der Waals surface area contributed by atoms with Gasteiger partial charge in [0, 0.05) is 4.47 Å². The van der Waals surface area contributed by atoms with E-state index in [1.54, 1.807) is 0 Å². The van der Waals surface area contributed by atoms with Gasteiger partial charge in [-0.1, -0.05) is 70.5 Å². The van der Waals surface area contributed by atoms with Gasteiger partial charge in [0.1, 0.15) is 5.75 Å². The molecular formula is C23H22BrNO2. The first-order valence-electron chi connectivity index (χ1n) is 8.83. The molecule has 4 heteroatoms. The molecule has 0 spiro atoms. The predicted octanol–water partition coefficient (Wildman–Crippen LogP) is 5.35. The molecule has 0 aliphatic rings. The molecule has 0 saturated carbocycles. The molecule has 3 aromatic rings. The van der Waals surface area contributed by atoms with Crippen LogP contribution in [0.4, 0.5) is 0 Å². The molecule has 0 fully saturated rings. The first-order chi connectivity index (χ1) is 13.0. The molecule has 0 bridgehead atoms. The van der Waals surface area contributed by atoms with Crippen molar-refractivity contribution < 1.29 is 9.53 Å². The van der Waals surface area contributed by atoms with Gasteiger partial charge < -0.3 is 10.1 Å². The van der Waals surface area contributed by atoms with Crippen LogP contribution >= 0.6 is 15.9 Å². The van der Waals surface area contributed by atoms with Crippen molar-refractivity contribution in [2.24, 2.45) is 0 Å². The Balaban J connectivity index is 1.75. The summed E-state index contributed by atoms with van der Waals surface area (Å²) in [6.07, 6.45) is 0. The molecule has 138 valence electrons. The Kier molecular flexibility index (Phi) is 6.30. The topological polar surface area (TPSA) is 38.3 Å². The third-order valence-corrected chi connectivity index (χ3v) is 5.33. The van der Waals surface area contributed by atoms with Crippen molar-refractivity contribution in [1.29, 1.82) is 0 Å². The third-order valence-electron chi connectivity index (χ3n) is 4.44. The maximum Gasteiger partial charge on any atom is 0.258 e. The van der Waals surface area contributed by atoms with Crippen LogP contribution in [0, 0.1) is 13.8 Å². The van der Waals surface area contributed by atoms with Crippen LogP contribution < -0.4 is 10.1 Å². The highest BCUT2D eigenvalue weighted by atomic mass is 79.9. The van der Waals surface area contributed by atoms with Gasteiger partial charge >= 0.3 is 0 Å². The van der Waals surface area contributed by atoms with Crippen molar-refractivity contribution in [2.75, 3.05) is 6.61 Å². The second kappa shape index (κ2) is 8.87. The van der Waals surface area contributed by atoms with E-state index in [-0.39, 0.29) is 18.6 Å². The fraction of sp³-hybridized carbons (Fsp3) is 0.174. The molecule has 3 nitrogen and oxygen atoms in total. The number of carbonyl (C=O) groups is 1. The van der Waals surface area contributed by atoms with Crippen molar-refractivity contribution in [3.05, 3.63) is 99.5 Å². The number of amides is 1. The Labute approximate surface area is 168 Å². The summed E-state index contributed by atoms with van der Waals surface area (Å²) in [5.74, 6) is 0.519. The van der Waals surface area contributed by atoms with Crippen molar-refractivity contribution in [1.82, 2.24) is 5.32 Å². The Bertz CT molecular complexity index is 925. The molecule has 3 rings (SSSR count). The fourth-order valence-corrected chi connectivity index (χ4v) is 3.20. The first-order valence-corrected chi connectivity index (χ1v) is 9.62. The molecule has 1 atom stereocenters. The molecule has 0 heterocycles. The lowest BCUT2D eigenvalue weighted by Gasteiger charge is -2.22. The number of rotatable bonds is 6. The average Bonchev–Trinajstić information content (AvgIpc) is 2.68. The molecule has 1 amide bonds. The zero-order valence-electron chi connectivity index (χ0n) is 15.4. The second-order valence-corrected chi connectivity index (χ2v) is 7.32. The van der Waals surface area contributed by atoms with Crippen molar-refractivity contribution in [3.8, 4) is 5.75 Å². The summed E-state index contributed by atoms with van der Waals surface area (Å²) in [7, 11) is 0. The number of ether oxygens (including phenoxy) is 1. The molecular weight excluding hydrogens is 402 g/mol. The third kappa shape index (κ3) is 4.98. The minimum absolute atomic E-state index is 0.0315. The normalized spacial score (nSPS) is 11.7. The standard InChI is InChI=1S/C23H22BrNO2/c1-16-8-6-7-11-20(16)23(18-9-4-3-5-10-18)25-22(26)15-27-19-12-13-21(24)17(2)14-19/h3-14,23H,15H2,1-2H3,(H,25,26)/t23-/m1/s1. The number of aryl methyl sites for hydroxylation is 2. The lowest BCUT2D eigenvalue weighted by molar-refractivity contribution is -0.123. The van der Waals surface area contributed by atoms with Crippen LogP contribution in [0.2, 0.25) is 0 Å². The minimum atomic E-state index is -0.213. The van der Waals surface area contributed by atoms with Crippen molar-refractivity contribution in [2.45, 2.75) is 19.9 Å². The van der Waals surface area contributed by atoms with Gasteiger partial charge in [-0.05, 0) is 54.3 Å². The number of hydrogen-bond donors (Lipinski definition) is 1. The molecule has 0 radical (unpaired) electrons. The van der Waals surface area contributed by atoms with E-state index in [0.29, 0.717) is 5.75 Å². The van der Waals surface area contributed by atoms with Gasteiger partial charge in [-0.25, -0.2) is 0 Å². The van der Waals surface area contributed by atoms with Gasteiger partial charge in [-0.3, -0.25) is 4.79 Å². The van der Waals surface area contributed by atoms with E-state index in [9.17, 15) is 4.79 Å². The maximum absolute atomic E-state index is 12.6. The van der Waals surface area contributed by atoms with Gasteiger partial charge in [0.05, 0.1) is 6.04 Å². The van der Waals surface area contributed by atoms with Gasteiger partial charge in [-0.15, -0.1) is 0 Å². The largest absolute Gasteiger partial charge is 0.484 e. The molecule has 0 aromatic heterocycles.